The van der Waals surface area contributed by atoms with Crippen LogP contribution in [-0.4, -0.2) is 33.8 Å². The van der Waals surface area contributed by atoms with Crippen LogP contribution in [0.25, 0.3) is 0 Å². The zero-order valence-corrected chi connectivity index (χ0v) is 9.38. The van der Waals surface area contributed by atoms with Gasteiger partial charge in [-0.2, -0.15) is 0 Å². The molecule has 4 amide bonds. The van der Waals surface area contributed by atoms with Crippen molar-refractivity contribution in [3.05, 3.63) is 12.5 Å². The van der Waals surface area contributed by atoms with Crippen LogP contribution in [0.1, 0.15) is 25.7 Å². The lowest BCUT2D eigenvalue weighted by molar-refractivity contribution is -0.222. The molecule has 0 aromatic heterocycles. The predicted octanol–water partition coefficient (Wildman–Crippen LogP) is -0.381. The third-order valence-corrected chi connectivity index (χ3v) is 2.40. The van der Waals surface area contributed by atoms with Crippen molar-refractivity contribution in [2.24, 2.45) is 0 Å². The standard InChI is InChI=1S/C10H10N2O6/c1-6(17-11-7(13)2-3-8(11)14)18-12-9(15)4-5-10(12)16/h1-5H2. The Morgan fingerprint density at radius 3 is 1.33 bits per heavy atom. The number of imide groups is 2. The third-order valence-electron chi connectivity index (χ3n) is 2.40. The fraction of sp³-hybridized carbons (Fsp3) is 0.400. The molecule has 0 bridgehead atoms. The minimum absolute atomic E-state index is 0.0493. The van der Waals surface area contributed by atoms with Gasteiger partial charge in [0, 0.05) is 25.7 Å². The average molecular weight is 254 g/mol. The van der Waals surface area contributed by atoms with Crippen molar-refractivity contribution in [3.63, 3.8) is 0 Å². The zero-order chi connectivity index (χ0) is 13.3. The monoisotopic (exact) mass is 254 g/mol. The molecule has 2 fully saturated rings. The van der Waals surface area contributed by atoms with Crippen molar-refractivity contribution in [1.82, 2.24) is 10.1 Å². The number of hydroxylamine groups is 4. The van der Waals surface area contributed by atoms with Crippen LogP contribution in [-0.2, 0) is 28.9 Å². The number of hydrogen-bond donors (Lipinski definition) is 0. The molecule has 0 N–H and O–H groups in total. The molecular weight excluding hydrogens is 244 g/mol. The van der Waals surface area contributed by atoms with Crippen molar-refractivity contribution in [1.29, 1.82) is 0 Å². The van der Waals surface area contributed by atoms with E-state index in [-0.39, 0.29) is 25.7 Å². The maximum Gasteiger partial charge on any atom is 0.327 e. The Labute approximate surface area is 102 Å². The van der Waals surface area contributed by atoms with E-state index in [1.165, 1.54) is 0 Å². The first kappa shape index (κ1) is 12.1. The van der Waals surface area contributed by atoms with Gasteiger partial charge in [-0.25, -0.2) is 0 Å². The molecule has 2 saturated heterocycles. The van der Waals surface area contributed by atoms with Crippen LogP contribution in [0.15, 0.2) is 12.5 Å². The largest absolute Gasteiger partial charge is 0.328 e. The van der Waals surface area contributed by atoms with E-state index >= 15 is 0 Å². The molecule has 0 atom stereocenters. The number of carbonyl (C=O) groups excluding carboxylic acids is 4. The number of hydrogen-bond acceptors (Lipinski definition) is 6. The molecule has 0 spiro atoms. The van der Waals surface area contributed by atoms with Gasteiger partial charge >= 0.3 is 5.95 Å². The molecule has 2 rings (SSSR count). The normalized spacial score (nSPS) is 19.8. The summed E-state index contributed by atoms with van der Waals surface area (Å²) in [6.07, 6.45) is 0.197. The van der Waals surface area contributed by atoms with E-state index in [1.54, 1.807) is 0 Å². The van der Waals surface area contributed by atoms with Crippen LogP contribution in [0.2, 0.25) is 0 Å². The van der Waals surface area contributed by atoms with Crippen LogP contribution in [0.5, 0.6) is 0 Å². The average Bonchev–Trinajstić information content (AvgIpc) is 2.79. The number of rotatable bonds is 4. The van der Waals surface area contributed by atoms with Crippen LogP contribution < -0.4 is 0 Å². The minimum Gasteiger partial charge on any atom is -0.328 e. The second kappa shape index (κ2) is 4.47. The van der Waals surface area contributed by atoms with Gasteiger partial charge in [-0.05, 0) is 6.58 Å². The van der Waals surface area contributed by atoms with Crippen LogP contribution >= 0.6 is 0 Å². The Balaban J connectivity index is 1.93. The summed E-state index contributed by atoms with van der Waals surface area (Å²) in [5, 5.41) is 1.01. The quantitative estimate of drug-likeness (QED) is 0.501. The van der Waals surface area contributed by atoms with Crippen molar-refractivity contribution in [2.75, 3.05) is 0 Å². The van der Waals surface area contributed by atoms with Crippen molar-refractivity contribution < 1.29 is 28.9 Å². The summed E-state index contributed by atoms with van der Waals surface area (Å²) in [5.41, 5.74) is 0. The van der Waals surface area contributed by atoms with Gasteiger partial charge in [0.05, 0.1) is 0 Å². The molecule has 0 aromatic carbocycles. The zero-order valence-electron chi connectivity index (χ0n) is 9.38. The molecule has 8 nitrogen and oxygen atoms in total. The number of amides is 4. The fourth-order valence-electron chi connectivity index (χ4n) is 1.54. The number of nitrogens with zero attached hydrogens (tertiary/aromatic N) is 2. The van der Waals surface area contributed by atoms with Gasteiger partial charge in [0.15, 0.2) is 0 Å². The molecule has 2 aliphatic heterocycles. The summed E-state index contributed by atoms with van der Waals surface area (Å²) in [5.74, 6) is -2.58. The van der Waals surface area contributed by atoms with Crippen molar-refractivity contribution >= 4 is 23.6 Å². The van der Waals surface area contributed by atoms with Crippen LogP contribution in [0.3, 0.4) is 0 Å². The summed E-state index contributed by atoms with van der Waals surface area (Å²) in [4.78, 5) is 54.4. The maximum absolute atomic E-state index is 11.2. The van der Waals surface area contributed by atoms with Gasteiger partial charge in [-0.3, -0.25) is 19.2 Å². The van der Waals surface area contributed by atoms with Gasteiger partial charge in [-0.15, -0.1) is 10.1 Å². The summed E-state index contributed by atoms with van der Waals surface area (Å²) in [7, 11) is 0. The van der Waals surface area contributed by atoms with E-state index in [9.17, 15) is 19.2 Å². The van der Waals surface area contributed by atoms with E-state index in [4.69, 9.17) is 9.68 Å². The summed E-state index contributed by atoms with van der Waals surface area (Å²) >= 11 is 0. The highest BCUT2D eigenvalue weighted by molar-refractivity contribution is 6.01. The Kier molecular flexibility index (Phi) is 3.00. The molecule has 0 unspecified atom stereocenters. The Morgan fingerprint density at radius 2 is 1.06 bits per heavy atom. The molecule has 0 aromatic rings. The molecule has 0 aliphatic carbocycles. The predicted molar refractivity (Wildman–Crippen MR) is 53.5 cm³/mol. The minimum atomic E-state index is -0.524. The molecule has 8 heteroatoms. The first-order chi connectivity index (χ1) is 8.49. The first-order valence-electron chi connectivity index (χ1n) is 5.25. The molecule has 96 valence electrons. The van der Waals surface area contributed by atoms with E-state index in [2.05, 4.69) is 6.58 Å². The molecule has 0 saturated carbocycles. The highest BCUT2D eigenvalue weighted by Gasteiger charge is 2.35. The Hall–Kier alpha value is -2.38. The second-order valence-corrected chi connectivity index (χ2v) is 3.72. The van der Waals surface area contributed by atoms with E-state index in [1.807, 2.05) is 0 Å². The Morgan fingerprint density at radius 1 is 0.778 bits per heavy atom. The van der Waals surface area contributed by atoms with Crippen molar-refractivity contribution in [3.8, 4) is 0 Å². The van der Waals surface area contributed by atoms with Gasteiger partial charge in [0.1, 0.15) is 0 Å². The van der Waals surface area contributed by atoms with E-state index < -0.39 is 29.6 Å². The summed E-state index contributed by atoms with van der Waals surface area (Å²) in [6, 6.07) is 0. The van der Waals surface area contributed by atoms with E-state index in [0.29, 0.717) is 10.1 Å². The van der Waals surface area contributed by atoms with Gasteiger partial charge in [0.25, 0.3) is 23.6 Å². The lowest BCUT2D eigenvalue weighted by Crippen LogP contribution is -2.33. The highest BCUT2D eigenvalue weighted by Crippen LogP contribution is 2.18. The molecule has 2 aliphatic rings. The first-order valence-corrected chi connectivity index (χ1v) is 5.25. The van der Waals surface area contributed by atoms with Crippen LogP contribution in [0.4, 0.5) is 0 Å². The molecular formula is C10H10N2O6. The topological polar surface area (TPSA) is 93.2 Å². The lowest BCUT2D eigenvalue weighted by Gasteiger charge is -2.18. The maximum atomic E-state index is 11.2. The fourth-order valence-corrected chi connectivity index (χ4v) is 1.54. The molecule has 18 heavy (non-hydrogen) atoms. The van der Waals surface area contributed by atoms with Gasteiger partial charge < -0.3 is 9.68 Å². The molecule has 2 heterocycles. The van der Waals surface area contributed by atoms with Crippen LogP contribution in [0, 0.1) is 0 Å². The highest BCUT2D eigenvalue weighted by atomic mass is 16.9. The smallest absolute Gasteiger partial charge is 0.327 e. The number of carbonyl (C=O) groups is 4. The summed E-state index contributed by atoms with van der Waals surface area (Å²) in [6.45, 7) is 3.28. The lowest BCUT2D eigenvalue weighted by atomic mass is 10.4. The second-order valence-electron chi connectivity index (χ2n) is 3.72. The third kappa shape index (κ3) is 2.17. The van der Waals surface area contributed by atoms with Gasteiger partial charge in [0.2, 0.25) is 0 Å². The summed E-state index contributed by atoms with van der Waals surface area (Å²) < 4.78 is 0. The molecule has 0 radical (unpaired) electrons. The van der Waals surface area contributed by atoms with E-state index in [0.717, 1.165) is 0 Å². The van der Waals surface area contributed by atoms with Crippen molar-refractivity contribution in [2.45, 2.75) is 25.7 Å². The Bertz CT molecular complexity index is 385. The van der Waals surface area contributed by atoms with Gasteiger partial charge in [-0.1, -0.05) is 0 Å². The SMILES string of the molecule is C=C(ON1C(=O)CCC1=O)ON1C(=O)CCC1=O.